The average Bonchev–Trinajstić information content (AvgIpc) is 2.56. The van der Waals surface area contributed by atoms with E-state index in [1.165, 1.54) is 11.8 Å². The van der Waals surface area contributed by atoms with Crippen LogP contribution in [0, 0.1) is 11.3 Å². The molecule has 0 aromatic heterocycles. The molecule has 1 amide bonds. The SMILES string of the molecule is CCOCCCNC(=O)/C(C#N)=C\NCCc1ccc(Br)cc1. The monoisotopic (exact) mass is 379 g/mol. The van der Waals surface area contributed by atoms with Crippen molar-refractivity contribution in [3.63, 3.8) is 0 Å². The third-order valence-electron chi connectivity index (χ3n) is 3.04. The standard InChI is InChI=1S/C17H22BrN3O2/c1-2-23-11-3-9-21-17(22)15(12-19)13-20-10-8-14-4-6-16(18)7-5-14/h4-7,13,20H,2-3,8-11H2,1H3,(H,21,22)/b15-13-. The normalized spacial score (nSPS) is 10.9. The van der Waals surface area contributed by atoms with Crippen molar-refractivity contribution in [1.29, 1.82) is 5.26 Å². The number of amides is 1. The summed E-state index contributed by atoms with van der Waals surface area (Å²) in [5.74, 6) is -0.361. The summed E-state index contributed by atoms with van der Waals surface area (Å²) in [7, 11) is 0. The molecule has 0 spiro atoms. The highest BCUT2D eigenvalue weighted by atomic mass is 79.9. The Morgan fingerprint density at radius 2 is 2.09 bits per heavy atom. The molecule has 0 bridgehead atoms. The van der Waals surface area contributed by atoms with Crippen LogP contribution >= 0.6 is 15.9 Å². The molecule has 0 radical (unpaired) electrons. The van der Waals surface area contributed by atoms with Gasteiger partial charge in [-0.25, -0.2) is 0 Å². The summed E-state index contributed by atoms with van der Waals surface area (Å²) < 4.78 is 6.23. The van der Waals surface area contributed by atoms with Gasteiger partial charge < -0.3 is 15.4 Å². The molecule has 2 N–H and O–H groups in total. The van der Waals surface area contributed by atoms with Crippen LogP contribution in [0.3, 0.4) is 0 Å². The van der Waals surface area contributed by atoms with Gasteiger partial charge in [-0.1, -0.05) is 28.1 Å². The van der Waals surface area contributed by atoms with Crippen LogP contribution in [0.4, 0.5) is 0 Å². The van der Waals surface area contributed by atoms with E-state index in [1.54, 1.807) is 0 Å². The average molecular weight is 380 g/mol. The number of halogens is 1. The first-order valence-corrected chi connectivity index (χ1v) is 8.40. The minimum Gasteiger partial charge on any atom is -0.389 e. The van der Waals surface area contributed by atoms with Crippen molar-refractivity contribution >= 4 is 21.8 Å². The van der Waals surface area contributed by atoms with Crippen LogP contribution in [-0.4, -0.2) is 32.2 Å². The van der Waals surface area contributed by atoms with Crippen LogP contribution in [-0.2, 0) is 16.0 Å². The fourth-order valence-electron chi connectivity index (χ4n) is 1.81. The number of nitrogens with zero attached hydrogens (tertiary/aromatic N) is 1. The number of carbonyl (C=O) groups excluding carboxylic acids is 1. The minimum atomic E-state index is -0.361. The maximum absolute atomic E-state index is 11.8. The van der Waals surface area contributed by atoms with Gasteiger partial charge in [-0.2, -0.15) is 5.26 Å². The number of ether oxygens (including phenoxy) is 1. The van der Waals surface area contributed by atoms with Crippen LogP contribution in [0.25, 0.3) is 0 Å². The van der Waals surface area contributed by atoms with Crippen LogP contribution in [0.15, 0.2) is 40.5 Å². The molecule has 0 heterocycles. The first-order valence-electron chi connectivity index (χ1n) is 7.61. The van der Waals surface area contributed by atoms with Gasteiger partial charge in [0.1, 0.15) is 11.6 Å². The highest BCUT2D eigenvalue weighted by Gasteiger charge is 2.07. The zero-order valence-corrected chi connectivity index (χ0v) is 14.9. The maximum atomic E-state index is 11.8. The topological polar surface area (TPSA) is 74.1 Å². The molecule has 5 nitrogen and oxygen atoms in total. The Hall–Kier alpha value is -1.84. The molecule has 0 saturated carbocycles. The number of rotatable bonds is 10. The Kier molecular flexibility index (Phi) is 9.76. The van der Waals surface area contributed by atoms with E-state index in [4.69, 9.17) is 10.00 Å². The van der Waals surface area contributed by atoms with Crippen LogP contribution in [0.5, 0.6) is 0 Å². The quantitative estimate of drug-likeness (QED) is 0.372. The van der Waals surface area contributed by atoms with E-state index in [-0.39, 0.29) is 11.5 Å². The third kappa shape index (κ3) is 8.38. The van der Waals surface area contributed by atoms with Crippen LogP contribution in [0.1, 0.15) is 18.9 Å². The highest BCUT2D eigenvalue weighted by molar-refractivity contribution is 9.10. The predicted molar refractivity (Wildman–Crippen MR) is 93.7 cm³/mol. The Balaban J connectivity index is 2.30. The van der Waals surface area contributed by atoms with Gasteiger partial charge in [0.05, 0.1) is 0 Å². The third-order valence-corrected chi connectivity index (χ3v) is 3.57. The van der Waals surface area contributed by atoms with Crippen molar-refractivity contribution in [2.24, 2.45) is 0 Å². The van der Waals surface area contributed by atoms with E-state index < -0.39 is 0 Å². The zero-order valence-electron chi connectivity index (χ0n) is 13.3. The summed E-state index contributed by atoms with van der Waals surface area (Å²) in [6, 6.07) is 9.95. The summed E-state index contributed by atoms with van der Waals surface area (Å²) in [4.78, 5) is 11.8. The van der Waals surface area contributed by atoms with Crippen molar-refractivity contribution in [3.05, 3.63) is 46.1 Å². The number of nitrogens with one attached hydrogen (secondary N) is 2. The highest BCUT2D eigenvalue weighted by Crippen LogP contribution is 2.10. The molecule has 1 aromatic rings. The molecule has 0 unspecified atom stereocenters. The lowest BCUT2D eigenvalue weighted by atomic mass is 10.1. The van der Waals surface area contributed by atoms with Crippen molar-refractivity contribution in [2.75, 3.05) is 26.3 Å². The second-order valence-electron chi connectivity index (χ2n) is 4.81. The van der Waals surface area contributed by atoms with Crippen molar-refractivity contribution in [3.8, 4) is 6.07 Å². The molecular weight excluding hydrogens is 358 g/mol. The van der Waals surface area contributed by atoms with Gasteiger partial charge in [0, 0.05) is 37.0 Å². The van der Waals surface area contributed by atoms with Crippen molar-refractivity contribution in [2.45, 2.75) is 19.8 Å². The molecule has 0 fully saturated rings. The molecule has 0 atom stereocenters. The van der Waals surface area contributed by atoms with E-state index in [9.17, 15) is 4.79 Å². The molecule has 0 aliphatic rings. The number of hydrogen-bond acceptors (Lipinski definition) is 4. The van der Waals surface area contributed by atoms with E-state index in [0.29, 0.717) is 26.3 Å². The molecule has 0 saturated heterocycles. The van der Waals surface area contributed by atoms with Crippen LogP contribution < -0.4 is 10.6 Å². The summed E-state index contributed by atoms with van der Waals surface area (Å²) in [6.07, 6.45) is 3.02. The largest absolute Gasteiger partial charge is 0.389 e. The molecule has 0 aliphatic carbocycles. The second-order valence-corrected chi connectivity index (χ2v) is 5.72. The first kappa shape index (κ1) is 19.2. The molecule has 23 heavy (non-hydrogen) atoms. The first-order chi connectivity index (χ1) is 11.2. The zero-order chi connectivity index (χ0) is 16.9. The lowest BCUT2D eigenvalue weighted by molar-refractivity contribution is -0.117. The Bertz CT molecular complexity index is 550. The Morgan fingerprint density at radius 1 is 1.35 bits per heavy atom. The van der Waals surface area contributed by atoms with Crippen molar-refractivity contribution in [1.82, 2.24) is 10.6 Å². The van der Waals surface area contributed by atoms with Gasteiger partial charge in [-0.3, -0.25) is 4.79 Å². The Morgan fingerprint density at radius 3 is 2.74 bits per heavy atom. The summed E-state index contributed by atoms with van der Waals surface area (Å²) in [5, 5.41) is 14.7. The summed E-state index contributed by atoms with van der Waals surface area (Å²) in [5.41, 5.74) is 1.27. The lowest BCUT2D eigenvalue weighted by Crippen LogP contribution is -2.27. The fraction of sp³-hybridized carbons (Fsp3) is 0.412. The van der Waals surface area contributed by atoms with Gasteiger partial charge in [-0.05, 0) is 37.5 Å². The number of nitriles is 1. The second kappa shape index (κ2) is 11.7. The number of carbonyl (C=O) groups is 1. The van der Waals surface area contributed by atoms with Gasteiger partial charge >= 0.3 is 0 Å². The number of benzene rings is 1. The van der Waals surface area contributed by atoms with Crippen molar-refractivity contribution < 1.29 is 9.53 Å². The van der Waals surface area contributed by atoms with E-state index in [0.717, 1.165) is 17.3 Å². The minimum absolute atomic E-state index is 0.0808. The van der Waals surface area contributed by atoms with Crippen LogP contribution in [0.2, 0.25) is 0 Å². The van der Waals surface area contributed by atoms with Gasteiger partial charge in [0.25, 0.3) is 5.91 Å². The lowest BCUT2D eigenvalue weighted by Gasteiger charge is -2.05. The van der Waals surface area contributed by atoms with E-state index >= 15 is 0 Å². The molecule has 1 aromatic carbocycles. The molecular formula is C17H22BrN3O2. The van der Waals surface area contributed by atoms with E-state index in [2.05, 4.69) is 26.6 Å². The molecule has 124 valence electrons. The molecule has 0 aliphatic heterocycles. The predicted octanol–water partition coefficient (Wildman–Crippen LogP) is 2.53. The Labute approximate surface area is 145 Å². The van der Waals surface area contributed by atoms with Gasteiger partial charge in [0.15, 0.2) is 0 Å². The van der Waals surface area contributed by atoms with Gasteiger partial charge in [0.2, 0.25) is 0 Å². The number of hydrogen-bond donors (Lipinski definition) is 2. The molecule has 6 heteroatoms. The smallest absolute Gasteiger partial charge is 0.263 e. The maximum Gasteiger partial charge on any atom is 0.263 e. The van der Waals surface area contributed by atoms with Gasteiger partial charge in [-0.15, -0.1) is 0 Å². The van der Waals surface area contributed by atoms with E-state index in [1.807, 2.05) is 37.3 Å². The summed E-state index contributed by atoms with van der Waals surface area (Å²) >= 11 is 3.39. The molecule has 1 rings (SSSR count). The fourth-order valence-corrected chi connectivity index (χ4v) is 2.07. The summed E-state index contributed by atoms with van der Waals surface area (Å²) in [6.45, 7) is 4.35.